The van der Waals surface area contributed by atoms with Crippen LogP contribution in [0.5, 0.6) is 5.75 Å². The van der Waals surface area contributed by atoms with Gasteiger partial charge < -0.3 is 10.5 Å². The lowest BCUT2D eigenvalue weighted by Crippen LogP contribution is -2.01. The fraction of sp³-hybridized carbons (Fsp3) is 0.154. The molecule has 4 heteroatoms. The molecule has 0 bridgehead atoms. The number of hydrogen-bond donors (Lipinski definition) is 1. The summed E-state index contributed by atoms with van der Waals surface area (Å²) in [5.74, 6) is 0.979. The highest BCUT2D eigenvalue weighted by molar-refractivity contribution is 6.31. The second kappa shape index (κ2) is 5.06. The number of hydrogen-bond acceptors (Lipinski definition) is 3. The van der Waals surface area contributed by atoms with Crippen molar-refractivity contribution in [2.45, 2.75) is 13.5 Å². The molecule has 2 rings (SSSR count). The summed E-state index contributed by atoms with van der Waals surface area (Å²) in [7, 11) is 0. The molecule has 1 aromatic carbocycles. The van der Waals surface area contributed by atoms with Crippen molar-refractivity contribution in [1.82, 2.24) is 4.98 Å². The highest BCUT2D eigenvalue weighted by Crippen LogP contribution is 2.22. The van der Waals surface area contributed by atoms with Crippen LogP contribution in [-0.2, 0) is 6.61 Å². The van der Waals surface area contributed by atoms with Gasteiger partial charge in [0, 0.05) is 16.3 Å². The van der Waals surface area contributed by atoms with Crippen LogP contribution in [0.15, 0.2) is 36.4 Å². The number of aromatic nitrogens is 1. The van der Waals surface area contributed by atoms with Crippen LogP contribution >= 0.6 is 11.6 Å². The number of nitrogen functional groups attached to an aromatic ring is 1. The maximum absolute atomic E-state index is 6.03. The van der Waals surface area contributed by atoms with Gasteiger partial charge in [0.05, 0.1) is 0 Å². The van der Waals surface area contributed by atoms with Crippen LogP contribution in [0.25, 0.3) is 0 Å². The second-order valence-corrected chi connectivity index (χ2v) is 4.12. The maximum atomic E-state index is 6.03. The quantitative estimate of drug-likeness (QED) is 0.907. The Labute approximate surface area is 105 Å². The fourth-order valence-corrected chi connectivity index (χ4v) is 1.65. The third-order valence-electron chi connectivity index (χ3n) is 2.37. The first-order valence-corrected chi connectivity index (χ1v) is 5.64. The van der Waals surface area contributed by atoms with E-state index in [0.717, 1.165) is 11.3 Å². The van der Waals surface area contributed by atoms with Gasteiger partial charge in [0.2, 0.25) is 0 Å². The number of pyridine rings is 1. The molecule has 0 atom stereocenters. The minimum absolute atomic E-state index is 0.384. The molecule has 88 valence electrons. The minimum atomic E-state index is 0.384. The highest BCUT2D eigenvalue weighted by Gasteiger charge is 2.04. The van der Waals surface area contributed by atoms with E-state index in [2.05, 4.69) is 4.98 Å². The van der Waals surface area contributed by atoms with E-state index in [1.165, 1.54) is 0 Å². The zero-order chi connectivity index (χ0) is 12.3. The zero-order valence-electron chi connectivity index (χ0n) is 9.48. The predicted octanol–water partition coefficient (Wildman–Crippen LogP) is 3.20. The van der Waals surface area contributed by atoms with Gasteiger partial charge in [-0.15, -0.1) is 0 Å². The fourth-order valence-electron chi connectivity index (χ4n) is 1.46. The van der Waals surface area contributed by atoms with Crippen LogP contribution in [0, 0.1) is 6.92 Å². The van der Waals surface area contributed by atoms with E-state index in [1.54, 1.807) is 0 Å². The molecule has 0 radical (unpaired) electrons. The summed E-state index contributed by atoms with van der Waals surface area (Å²) in [6.45, 7) is 2.27. The standard InChI is InChI=1S/C13H13ClN2O/c1-9-6-7-12(13(15)16-9)17-8-10-4-2-3-5-11(10)14/h2-7H,8H2,1H3,(H2,15,16). The molecular weight excluding hydrogens is 236 g/mol. The van der Waals surface area contributed by atoms with Gasteiger partial charge in [0.25, 0.3) is 0 Å². The van der Waals surface area contributed by atoms with E-state index in [9.17, 15) is 0 Å². The Morgan fingerprint density at radius 1 is 1.24 bits per heavy atom. The highest BCUT2D eigenvalue weighted by atomic mass is 35.5. The Morgan fingerprint density at radius 2 is 2.00 bits per heavy atom. The van der Waals surface area contributed by atoms with Crippen molar-refractivity contribution in [3.05, 3.63) is 52.7 Å². The van der Waals surface area contributed by atoms with Crippen molar-refractivity contribution < 1.29 is 4.74 Å². The summed E-state index contributed by atoms with van der Waals surface area (Å²) in [5.41, 5.74) is 7.55. The first-order valence-electron chi connectivity index (χ1n) is 5.26. The summed E-state index contributed by atoms with van der Waals surface area (Å²) >= 11 is 6.03. The number of rotatable bonds is 3. The van der Waals surface area contributed by atoms with Gasteiger partial charge >= 0.3 is 0 Å². The molecule has 0 saturated carbocycles. The van der Waals surface area contributed by atoms with E-state index in [0.29, 0.717) is 23.2 Å². The Kier molecular flexibility index (Phi) is 3.49. The normalized spacial score (nSPS) is 10.2. The first-order chi connectivity index (χ1) is 8.16. The van der Waals surface area contributed by atoms with E-state index < -0.39 is 0 Å². The summed E-state index contributed by atoms with van der Waals surface area (Å²) in [6.07, 6.45) is 0. The average Bonchev–Trinajstić information content (AvgIpc) is 2.30. The molecule has 0 aliphatic heterocycles. The molecule has 0 fully saturated rings. The number of halogens is 1. The predicted molar refractivity (Wildman–Crippen MR) is 69.2 cm³/mol. The van der Waals surface area contributed by atoms with Crippen LogP contribution < -0.4 is 10.5 Å². The molecule has 17 heavy (non-hydrogen) atoms. The number of nitrogens with zero attached hydrogens (tertiary/aromatic N) is 1. The van der Waals surface area contributed by atoms with Gasteiger partial charge in [0.1, 0.15) is 6.61 Å². The largest absolute Gasteiger partial charge is 0.485 e. The first kappa shape index (κ1) is 11.7. The molecule has 0 aliphatic rings. The molecule has 0 unspecified atom stereocenters. The second-order valence-electron chi connectivity index (χ2n) is 3.72. The van der Waals surface area contributed by atoms with Crippen molar-refractivity contribution in [3.63, 3.8) is 0 Å². The van der Waals surface area contributed by atoms with Crippen LogP contribution in [0.3, 0.4) is 0 Å². The Bertz CT molecular complexity index is 529. The van der Waals surface area contributed by atoms with E-state index >= 15 is 0 Å². The lowest BCUT2D eigenvalue weighted by atomic mass is 10.2. The number of ether oxygens (including phenoxy) is 1. The maximum Gasteiger partial charge on any atom is 0.166 e. The SMILES string of the molecule is Cc1ccc(OCc2ccccc2Cl)c(N)n1. The molecule has 1 heterocycles. The molecule has 2 aromatic rings. The van der Waals surface area contributed by atoms with Crippen molar-refractivity contribution >= 4 is 17.4 Å². The Balaban J connectivity index is 2.10. The summed E-state index contributed by atoms with van der Waals surface area (Å²) in [5, 5.41) is 0.686. The lowest BCUT2D eigenvalue weighted by molar-refractivity contribution is 0.307. The molecule has 0 amide bonds. The zero-order valence-corrected chi connectivity index (χ0v) is 10.2. The van der Waals surface area contributed by atoms with E-state index in [-0.39, 0.29) is 0 Å². The summed E-state index contributed by atoms with van der Waals surface area (Å²) in [4.78, 5) is 4.13. The summed E-state index contributed by atoms with van der Waals surface area (Å²) < 4.78 is 5.59. The third kappa shape index (κ3) is 2.88. The number of nitrogens with two attached hydrogens (primary N) is 1. The topological polar surface area (TPSA) is 48.1 Å². The van der Waals surface area contributed by atoms with Crippen molar-refractivity contribution in [1.29, 1.82) is 0 Å². The van der Waals surface area contributed by atoms with Gasteiger partial charge in [-0.05, 0) is 25.1 Å². The van der Waals surface area contributed by atoms with Crippen LogP contribution in [0.1, 0.15) is 11.3 Å². The minimum Gasteiger partial charge on any atom is -0.485 e. The summed E-state index contributed by atoms with van der Waals surface area (Å²) in [6, 6.07) is 11.2. The van der Waals surface area contributed by atoms with Crippen molar-refractivity contribution in [3.8, 4) is 5.75 Å². The Morgan fingerprint density at radius 3 is 2.71 bits per heavy atom. The molecule has 0 spiro atoms. The molecule has 0 aliphatic carbocycles. The van der Waals surface area contributed by atoms with E-state index in [4.69, 9.17) is 22.1 Å². The van der Waals surface area contributed by atoms with E-state index in [1.807, 2.05) is 43.3 Å². The third-order valence-corrected chi connectivity index (χ3v) is 2.73. The van der Waals surface area contributed by atoms with Crippen molar-refractivity contribution in [2.75, 3.05) is 5.73 Å². The van der Waals surface area contributed by atoms with Crippen LogP contribution in [0.4, 0.5) is 5.82 Å². The average molecular weight is 249 g/mol. The lowest BCUT2D eigenvalue weighted by Gasteiger charge is -2.09. The van der Waals surface area contributed by atoms with Gasteiger partial charge in [0.15, 0.2) is 11.6 Å². The molecular formula is C13H13ClN2O. The van der Waals surface area contributed by atoms with Gasteiger partial charge in [-0.1, -0.05) is 29.8 Å². The number of benzene rings is 1. The Hall–Kier alpha value is -1.74. The monoisotopic (exact) mass is 248 g/mol. The van der Waals surface area contributed by atoms with Crippen LogP contribution in [0.2, 0.25) is 5.02 Å². The number of anilines is 1. The van der Waals surface area contributed by atoms with Crippen molar-refractivity contribution in [2.24, 2.45) is 0 Å². The molecule has 1 aromatic heterocycles. The van der Waals surface area contributed by atoms with Gasteiger partial charge in [-0.25, -0.2) is 4.98 Å². The molecule has 3 nitrogen and oxygen atoms in total. The van der Waals surface area contributed by atoms with Crippen LogP contribution in [-0.4, -0.2) is 4.98 Å². The number of aryl methyl sites for hydroxylation is 1. The van der Waals surface area contributed by atoms with Gasteiger partial charge in [-0.2, -0.15) is 0 Å². The smallest absolute Gasteiger partial charge is 0.166 e. The van der Waals surface area contributed by atoms with Gasteiger partial charge in [-0.3, -0.25) is 0 Å². The molecule has 2 N–H and O–H groups in total. The molecule has 0 saturated heterocycles.